The Labute approximate surface area is 196 Å². The van der Waals surface area contributed by atoms with E-state index < -0.39 is 0 Å². The second-order valence-electron chi connectivity index (χ2n) is 6.03. The zero-order valence-electron chi connectivity index (χ0n) is 14.7. The molecule has 0 bridgehead atoms. The molecular formula is C21H12Br3N3OS. The van der Waals surface area contributed by atoms with Gasteiger partial charge in [0.1, 0.15) is 0 Å². The fourth-order valence-corrected chi connectivity index (χ4v) is 4.56. The van der Waals surface area contributed by atoms with Crippen LogP contribution in [0.2, 0.25) is 0 Å². The highest BCUT2D eigenvalue weighted by Gasteiger charge is 2.21. The Balaban J connectivity index is 1.75. The van der Waals surface area contributed by atoms with Crippen molar-refractivity contribution in [3.8, 4) is 0 Å². The van der Waals surface area contributed by atoms with Crippen LogP contribution in [0.1, 0.15) is 15.9 Å². The third-order valence-corrected chi connectivity index (χ3v) is 6.54. The summed E-state index contributed by atoms with van der Waals surface area (Å²) in [5, 5.41) is 6.34. The predicted molar refractivity (Wildman–Crippen MR) is 130 cm³/mol. The van der Waals surface area contributed by atoms with Crippen LogP contribution in [0.5, 0.6) is 0 Å². The van der Waals surface area contributed by atoms with Crippen molar-refractivity contribution in [3.63, 3.8) is 0 Å². The van der Waals surface area contributed by atoms with Gasteiger partial charge in [0, 0.05) is 19.0 Å². The molecule has 0 spiro atoms. The lowest BCUT2D eigenvalue weighted by Gasteiger charge is -2.14. The fraction of sp³-hybridized carbons (Fsp3) is 0. The maximum Gasteiger partial charge on any atom is 0.280 e. The third kappa shape index (κ3) is 4.83. The summed E-state index contributed by atoms with van der Waals surface area (Å²) in [6, 6.07) is 20.7. The molecule has 0 radical (unpaired) electrons. The molecule has 0 saturated heterocycles. The SMILES string of the molecule is O=C(c1ccc(Br)cc1)N(/N=C/c1ccc(Br)cc1)c1nc2ccc(Br)cc2s1. The van der Waals surface area contributed by atoms with Crippen molar-refractivity contribution in [1.29, 1.82) is 0 Å². The van der Waals surface area contributed by atoms with E-state index in [1.807, 2.05) is 54.6 Å². The molecule has 4 aromatic rings. The summed E-state index contributed by atoms with van der Waals surface area (Å²) in [4.78, 5) is 17.8. The first kappa shape index (κ1) is 20.4. The number of carbonyl (C=O) groups excluding carboxylic acids is 1. The Morgan fingerprint density at radius 2 is 1.52 bits per heavy atom. The molecular weight excluding hydrogens is 582 g/mol. The molecule has 0 unspecified atom stereocenters. The molecule has 8 heteroatoms. The van der Waals surface area contributed by atoms with E-state index in [0.717, 1.165) is 29.2 Å². The Morgan fingerprint density at radius 3 is 2.21 bits per heavy atom. The number of hydrogen-bond acceptors (Lipinski definition) is 4. The maximum absolute atomic E-state index is 13.2. The first-order valence-corrected chi connectivity index (χ1v) is 11.6. The Kier molecular flexibility index (Phi) is 6.24. The fourth-order valence-electron chi connectivity index (χ4n) is 2.55. The number of anilines is 1. The van der Waals surface area contributed by atoms with Crippen LogP contribution in [0.3, 0.4) is 0 Å². The predicted octanol–water partition coefficient (Wildman–Crippen LogP) is 7.26. The number of hydrogen-bond donors (Lipinski definition) is 0. The number of carbonyl (C=O) groups is 1. The van der Waals surface area contributed by atoms with E-state index >= 15 is 0 Å². The zero-order chi connectivity index (χ0) is 20.4. The van der Waals surface area contributed by atoms with Gasteiger partial charge >= 0.3 is 0 Å². The highest BCUT2D eigenvalue weighted by Crippen LogP contribution is 2.32. The van der Waals surface area contributed by atoms with E-state index in [4.69, 9.17) is 0 Å². The van der Waals surface area contributed by atoms with Crippen LogP contribution in [0.15, 0.2) is 85.2 Å². The van der Waals surface area contributed by atoms with E-state index in [1.54, 1.807) is 18.3 Å². The van der Waals surface area contributed by atoms with Crippen LogP contribution < -0.4 is 5.01 Å². The average Bonchev–Trinajstić information content (AvgIpc) is 3.12. The van der Waals surface area contributed by atoms with Crippen molar-refractivity contribution in [3.05, 3.63) is 91.3 Å². The van der Waals surface area contributed by atoms with Gasteiger partial charge < -0.3 is 0 Å². The van der Waals surface area contributed by atoms with Crippen molar-refractivity contribution < 1.29 is 4.79 Å². The van der Waals surface area contributed by atoms with Gasteiger partial charge in [-0.2, -0.15) is 10.1 Å². The molecule has 4 rings (SSSR count). The average molecular weight is 594 g/mol. The Hall–Kier alpha value is -1.87. The number of fused-ring (bicyclic) bond motifs is 1. The van der Waals surface area contributed by atoms with Gasteiger partial charge in [0.25, 0.3) is 5.91 Å². The number of nitrogens with zero attached hydrogens (tertiary/aromatic N) is 3. The monoisotopic (exact) mass is 591 g/mol. The summed E-state index contributed by atoms with van der Waals surface area (Å²) in [5.74, 6) is -0.246. The topological polar surface area (TPSA) is 45.6 Å². The molecule has 3 aromatic carbocycles. The third-order valence-electron chi connectivity index (χ3n) is 4.00. The minimum Gasteiger partial charge on any atom is -0.267 e. The molecule has 0 aliphatic rings. The lowest BCUT2D eigenvalue weighted by Crippen LogP contribution is -2.25. The molecule has 144 valence electrons. The van der Waals surface area contributed by atoms with Crippen LogP contribution >= 0.6 is 59.1 Å². The largest absolute Gasteiger partial charge is 0.280 e. The van der Waals surface area contributed by atoms with Crippen molar-refractivity contribution in [1.82, 2.24) is 4.98 Å². The molecule has 0 fully saturated rings. The number of thiazole rings is 1. The molecule has 4 nitrogen and oxygen atoms in total. The van der Waals surface area contributed by atoms with Gasteiger partial charge in [0.15, 0.2) is 0 Å². The van der Waals surface area contributed by atoms with Crippen molar-refractivity contribution in [2.45, 2.75) is 0 Å². The number of aromatic nitrogens is 1. The summed E-state index contributed by atoms with van der Waals surface area (Å²) >= 11 is 11.7. The normalized spacial score (nSPS) is 11.3. The van der Waals surface area contributed by atoms with E-state index in [2.05, 4.69) is 57.9 Å². The summed E-state index contributed by atoms with van der Waals surface area (Å²) in [7, 11) is 0. The zero-order valence-corrected chi connectivity index (χ0v) is 20.3. The lowest BCUT2D eigenvalue weighted by atomic mass is 10.2. The first-order valence-electron chi connectivity index (χ1n) is 8.45. The smallest absolute Gasteiger partial charge is 0.267 e. The van der Waals surface area contributed by atoms with Gasteiger partial charge in [0.2, 0.25) is 5.13 Å². The maximum atomic E-state index is 13.2. The van der Waals surface area contributed by atoms with E-state index in [9.17, 15) is 4.79 Å². The van der Waals surface area contributed by atoms with Gasteiger partial charge in [-0.3, -0.25) is 4.79 Å². The summed E-state index contributed by atoms with van der Waals surface area (Å²) in [5.41, 5.74) is 2.23. The van der Waals surface area contributed by atoms with Crippen LogP contribution in [0, 0.1) is 0 Å². The molecule has 0 N–H and O–H groups in total. The molecule has 1 heterocycles. The Bertz CT molecular complexity index is 1200. The van der Waals surface area contributed by atoms with Gasteiger partial charge in [-0.15, -0.1) is 0 Å². The van der Waals surface area contributed by atoms with Crippen LogP contribution in [0.25, 0.3) is 10.2 Å². The van der Waals surface area contributed by atoms with Crippen LogP contribution in [0.4, 0.5) is 5.13 Å². The molecule has 0 saturated carbocycles. The molecule has 0 atom stereocenters. The van der Waals surface area contributed by atoms with Crippen molar-refractivity contribution >= 4 is 86.6 Å². The molecule has 1 aromatic heterocycles. The molecule has 1 amide bonds. The highest BCUT2D eigenvalue weighted by atomic mass is 79.9. The quantitative estimate of drug-likeness (QED) is 0.185. The first-order chi connectivity index (χ1) is 14.0. The molecule has 29 heavy (non-hydrogen) atoms. The van der Waals surface area contributed by atoms with E-state index in [-0.39, 0.29) is 5.91 Å². The van der Waals surface area contributed by atoms with Crippen molar-refractivity contribution in [2.75, 3.05) is 5.01 Å². The summed E-state index contributed by atoms with van der Waals surface area (Å²) in [6.07, 6.45) is 1.66. The minimum absolute atomic E-state index is 0.246. The minimum atomic E-state index is -0.246. The summed E-state index contributed by atoms with van der Waals surface area (Å²) < 4.78 is 3.82. The molecule has 0 aliphatic carbocycles. The van der Waals surface area contributed by atoms with Gasteiger partial charge in [0.05, 0.1) is 16.4 Å². The van der Waals surface area contributed by atoms with Gasteiger partial charge in [-0.1, -0.05) is 71.3 Å². The second kappa shape index (κ2) is 8.87. The lowest BCUT2D eigenvalue weighted by molar-refractivity contribution is 0.0988. The Morgan fingerprint density at radius 1 is 0.897 bits per heavy atom. The van der Waals surface area contributed by atoms with Gasteiger partial charge in [-0.05, 0) is 60.2 Å². The van der Waals surface area contributed by atoms with E-state index in [0.29, 0.717) is 10.7 Å². The number of benzene rings is 3. The van der Waals surface area contributed by atoms with Crippen LogP contribution in [-0.2, 0) is 0 Å². The standard InChI is InChI=1S/C21H12Br3N3OS/c22-15-5-1-13(2-6-15)12-25-27(20(28)14-3-7-16(23)8-4-14)21-26-18-10-9-17(24)11-19(18)29-21/h1-12H/b25-12+. The number of amides is 1. The number of halogens is 3. The summed E-state index contributed by atoms with van der Waals surface area (Å²) in [6.45, 7) is 0. The van der Waals surface area contributed by atoms with Crippen molar-refractivity contribution in [2.24, 2.45) is 5.10 Å². The number of hydrazone groups is 1. The molecule has 0 aliphatic heterocycles. The highest BCUT2D eigenvalue weighted by molar-refractivity contribution is 9.11. The van der Waals surface area contributed by atoms with Gasteiger partial charge in [-0.25, -0.2) is 4.98 Å². The number of rotatable bonds is 4. The van der Waals surface area contributed by atoms with Crippen LogP contribution in [-0.4, -0.2) is 17.1 Å². The second-order valence-corrected chi connectivity index (χ2v) is 9.78. The van der Waals surface area contributed by atoms with E-state index in [1.165, 1.54) is 16.3 Å².